The van der Waals surface area contributed by atoms with Gasteiger partial charge < -0.3 is 19.7 Å². The second-order valence-electron chi connectivity index (χ2n) is 6.04. The van der Waals surface area contributed by atoms with E-state index < -0.39 is 0 Å². The summed E-state index contributed by atoms with van der Waals surface area (Å²) in [5, 5.41) is 3.37. The Labute approximate surface area is 137 Å². The molecule has 1 aromatic carbocycles. The fraction of sp³-hybridized carbons (Fsp3) is 0.588. The van der Waals surface area contributed by atoms with Gasteiger partial charge in [0.25, 0.3) is 0 Å². The number of ether oxygens (including phenoxy) is 2. The van der Waals surface area contributed by atoms with E-state index in [0.29, 0.717) is 5.92 Å². The van der Waals surface area contributed by atoms with Gasteiger partial charge in [-0.15, -0.1) is 0 Å². The first-order chi connectivity index (χ1) is 10.7. The molecule has 1 N–H and O–H groups in total. The molecule has 0 aromatic heterocycles. The van der Waals surface area contributed by atoms with Crippen molar-refractivity contribution in [1.82, 2.24) is 10.2 Å². The molecule has 2 aliphatic heterocycles. The number of hydrogen-bond donors (Lipinski definition) is 1. The lowest BCUT2D eigenvalue weighted by Crippen LogP contribution is -2.36. The molecule has 3 rings (SSSR count). The van der Waals surface area contributed by atoms with Crippen LogP contribution in [0, 0.1) is 0 Å². The maximum atomic E-state index is 5.47. The average Bonchev–Trinajstić information content (AvgIpc) is 3.06. The molecule has 0 amide bonds. The van der Waals surface area contributed by atoms with Gasteiger partial charge in [0.2, 0.25) is 0 Å². The van der Waals surface area contributed by atoms with Crippen LogP contribution in [0.3, 0.4) is 0 Å². The number of thiocarbonyl (C=S) groups is 1. The van der Waals surface area contributed by atoms with Crippen molar-refractivity contribution in [2.45, 2.75) is 25.2 Å². The number of likely N-dealkylation sites (tertiary alicyclic amines) is 1. The van der Waals surface area contributed by atoms with Crippen LogP contribution < -0.4 is 14.8 Å². The standard InChI is InChI=1S/C17H24N2O2S/c1-20-15-9-13-12(5-8-19-6-3-4-7-19)11-18-17(22)14(13)10-16(15)21-2/h9-10,12H,3-8,11H2,1-2H3,(H,18,22). The van der Waals surface area contributed by atoms with Crippen molar-refractivity contribution >= 4 is 17.2 Å². The van der Waals surface area contributed by atoms with Gasteiger partial charge in [0, 0.05) is 18.0 Å². The summed E-state index contributed by atoms with van der Waals surface area (Å²) in [5.74, 6) is 2.00. The molecule has 0 radical (unpaired) electrons. The van der Waals surface area contributed by atoms with Gasteiger partial charge in [-0.05, 0) is 56.6 Å². The normalized spacial score (nSPS) is 21.4. The topological polar surface area (TPSA) is 33.7 Å². The minimum Gasteiger partial charge on any atom is -0.493 e. The lowest BCUT2D eigenvalue weighted by atomic mass is 9.88. The second-order valence-corrected chi connectivity index (χ2v) is 6.45. The summed E-state index contributed by atoms with van der Waals surface area (Å²) in [7, 11) is 3.34. The molecule has 120 valence electrons. The quantitative estimate of drug-likeness (QED) is 0.843. The number of benzene rings is 1. The average molecular weight is 320 g/mol. The molecule has 0 spiro atoms. The molecule has 0 bridgehead atoms. The Morgan fingerprint density at radius 2 is 1.86 bits per heavy atom. The van der Waals surface area contributed by atoms with Crippen LogP contribution in [0.4, 0.5) is 0 Å². The van der Waals surface area contributed by atoms with E-state index in [2.05, 4.69) is 16.3 Å². The van der Waals surface area contributed by atoms with Crippen LogP contribution in [-0.4, -0.2) is 50.3 Å². The van der Waals surface area contributed by atoms with Crippen LogP contribution in [0.15, 0.2) is 12.1 Å². The first-order valence-electron chi connectivity index (χ1n) is 7.99. The third kappa shape index (κ3) is 3.06. The van der Waals surface area contributed by atoms with Gasteiger partial charge in [0.15, 0.2) is 11.5 Å². The molecule has 0 aliphatic carbocycles. The number of methoxy groups -OCH3 is 2. The van der Waals surface area contributed by atoms with Crippen LogP contribution in [-0.2, 0) is 0 Å². The predicted molar refractivity (Wildman–Crippen MR) is 92.3 cm³/mol. The molecular formula is C17H24N2O2S. The predicted octanol–water partition coefficient (Wildman–Crippen LogP) is 2.55. The molecule has 1 unspecified atom stereocenters. The maximum Gasteiger partial charge on any atom is 0.161 e. The van der Waals surface area contributed by atoms with E-state index in [1.54, 1.807) is 14.2 Å². The number of hydrogen-bond acceptors (Lipinski definition) is 4. The summed E-state index contributed by atoms with van der Waals surface area (Å²) in [5.41, 5.74) is 2.38. The monoisotopic (exact) mass is 320 g/mol. The minimum absolute atomic E-state index is 0.474. The number of nitrogens with zero attached hydrogens (tertiary/aromatic N) is 1. The van der Waals surface area contributed by atoms with Crippen LogP contribution >= 0.6 is 12.2 Å². The highest BCUT2D eigenvalue weighted by atomic mass is 32.1. The third-order valence-corrected chi connectivity index (χ3v) is 5.11. The van der Waals surface area contributed by atoms with Crippen LogP contribution in [0.5, 0.6) is 11.5 Å². The first kappa shape index (κ1) is 15.6. The van der Waals surface area contributed by atoms with Crippen molar-refractivity contribution in [3.8, 4) is 11.5 Å². The first-order valence-corrected chi connectivity index (χ1v) is 8.40. The van der Waals surface area contributed by atoms with E-state index in [1.807, 2.05) is 6.07 Å². The van der Waals surface area contributed by atoms with Crippen LogP contribution in [0.25, 0.3) is 0 Å². The molecule has 1 fully saturated rings. The summed E-state index contributed by atoms with van der Waals surface area (Å²) in [4.78, 5) is 3.38. The highest BCUT2D eigenvalue weighted by Crippen LogP contribution is 2.37. The van der Waals surface area contributed by atoms with Crippen molar-refractivity contribution in [2.75, 3.05) is 40.4 Å². The summed E-state index contributed by atoms with van der Waals surface area (Å²) >= 11 is 5.47. The molecule has 0 saturated carbocycles. The fourth-order valence-corrected chi connectivity index (χ4v) is 3.71. The van der Waals surface area contributed by atoms with E-state index in [0.717, 1.165) is 41.6 Å². The van der Waals surface area contributed by atoms with Crippen molar-refractivity contribution < 1.29 is 9.47 Å². The van der Waals surface area contributed by atoms with E-state index in [9.17, 15) is 0 Å². The summed E-state index contributed by atoms with van der Waals surface area (Å²) < 4.78 is 10.9. The molecule has 4 nitrogen and oxygen atoms in total. The zero-order valence-electron chi connectivity index (χ0n) is 13.4. The molecule has 2 aliphatic rings. The van der Waals surface area contributed by atoms with Gasteiger partial charge in [-0.2, -0.15) is 0 Å². The van der Waals surface area contributed by atoms with E-state index in [-0.39, 0.29) is 0 Å². The molecule has 1 atom stereocenters. The Kier molecular flexibility index (Phi) is 4.84. The molecule has 1 saturated heterocycles. The Bertz CT molecular complexity index is 556. The van der Waals surface area contributed by atoms with E-state index in [4.69, 9.17) is 21.7 Å². The van der Waals surface area contributed by atoms with Crippen LogP contribution in [0.2, 0.25) is 0 Å². The Hall–Kier alpha value is -1.33. The molecule has 1 aromatic rings. The number of fused-ring (bicyclic) bond motifs is 1. The highest BCUT2D eigenvalue weighted by Gasteiger charge is 2.26. The zero-order chi connectivity index (χ0) is 15.5. The van der Waals surface area contributed by atoms with Gasteiger partial charge in [-0.3, -0.25) is 0 Å². The Morgan fingerprint density at radius 3 is 2.55 bits per heavy atom. The maximum absolute atomic E-state index is 5.47. The van der Waals surface area contributed by atoms with Gasteiger partial charge in [0.1, 0.15) is 4.99 Å². The van der Waals surface area contributed by atoms with E-state index >= 15 is 0 Å². The van der Waals surface area contributed by atoms with Crippen LogP contribution in [0.1, 0.15) is 36.3 Å². The molecule has 22 heavy (non-hydrogen) atoms. The second kappa shape index (κ2) is 6.84. The summed E-state index contributed by atoms with van der Waals surface area (Å²) in [6, 6.07) is 4.11. The summed E-state index contributed by atoms with van der Waals surface area (Å²) in [6.45, 7) is 4.57. The number of rotatable bonds is 5. The smallest absolute Gasteiger partial charge is 0.161 e. The largest absolute Gasteiger partial charge is 0.493 e. The van der Waals surface area contributed by atoms with Crippen molar-refractivity contribution in [2.24, 2.45) is 0 Å². The third-order valence-electron chi connectivity index (χ3n) is 4.74. The van der Waals surface area contributed by atoms with E-state index in [1.165, 1.54) is 31.5 Å². The lowest BCUT2D eigenvalue weighted by Gasteiger charge is -2.29. The Morgan fingerprint density at radius 1 is 1.18 bits per heavy atom. The molecule has 2 heterocycles. The zero-order valence-corrected chi connectivity index (χ0v) is 14.2. The highest BCUT2D eigenvalue weighted by molar-refractivity contribution is 7.80. The Balaban J connectivity index is 1.82. The van der Waals surface area contributed by atoms with Crippen molar-refractivity contribution in [3.05, 3.63) is 23.3 Å². The fourth-order valence-electron chi connectivity index (χ4n) is 3.45. The lowest BCUT2D eigenvalue weighted by molar-refractivity contribution is 0.319. The molecule has 5 heteroatoms. The van der Waals surface area contributed by atoms with Gasteiger partial charge >= 0.3 is 0 Å². The number of nitrogens with one attached hydrogen (secondary N) is 1. The van der Waals surface area contributed by atoms with Gasteiger partial charge in [-0.25, -0.2) is 0 Å². The molecular weight excluding hydrogens is 296 g/mol. The SMILES string of the molecule is COc1cc2c(cc1OC)C(CCN1CCCC1)CNC2=S. The van der Waals surface area contributed by atoms with Gasteiger partial charge in [0.05, 0.1) is 14.2 Å². The van der Waals surface area contributed by atoms with Crippen molar-refractivity contribution in [3.63, 3.8) is 0 Å². The van der Waals surface area contributed by atoms with Crippen molar-refractivity contribution in [1.29, 1.82) is 0 Å². The summed E-state index contributed by atoms with van der Waals surface area (Å²) in [6.07, 6.45) is 3.83. The van der Waals surface area contributed by atoms with Gasteiger partial charge in [-0.1, -0.05) is 12.2 Å². The minimum atomic E-state index is 0.474.